The minimum absolute atomic E-state index is 0.510. The van der Waals surface area contributed by atoms with Crippen molar-refractivity contribution in [3.63, 3.8) is 0 Å². The first kappa shape index (κ1) is 12.2. The lowest BCUT2D eigenvalue weighted by molar-refractivity contribution is 0.523. The van der Waals surface area contributed by atoms with Gasteiger partial charge in [-0.15, -0.1) is 0 Å². The van der Waals surface area contributed by atoms with Gasteiger partial charge in [0.2, 0.25) is 0 Å². The molecule has 2 heteroatoms. The van der Waals surface area contributed by atoms with Crippen LogP contribution in [0, 0.1) is 13.8 Å². The molecule has 0 spiro atoms. The number of hydrogen-bond acceptors (Lipinski definition) is 2. The molecule has 2 nitrogen and oxygen atoms in total. The zero-order valence-electron chi connectivity index (χ0n) is 10.2. The highest BCUT2D eigenvalue weighted by Crippen LogP contribution is 2.08. The molecule has 0 radical (unpaired) electrons. The van der Waals surface area contributed by atoms with Crippen LogP contribution in [0.25, 0.3) is 0 Å². The fraction of sp³-hybridized carbons (Fsp3) is 0.538. The Morgan fingerprint density at radius 3 is 2.27 bits per heavy atom. The van der Waals surface area contributed by atoms with Gasteiger partial charge < -0.3 is 10.6 Å². The average Bonchev–Trinajstić information content (AvgIpc) is 2.14. The Balaban J connectivity index is 2.50. The Morgan fingerprint density at radius 1 is 1.13 bits per heavy atom. The van der Waals surface area contributed by atoms with Gasteiger partial charge in [0, 0.05) is 19.1 Å². The van der Waals surface area contributed by atoms with Gasteiger partial charge in [0.25, 0.3) is 0 Å². The van der Waals surface area contributed by atoms with E-state index in [2.05, 4.69) is 49.6 Å². The highest BCUT2D eigenvalue weighted by molar-refractivity contribution is 5.28. The molecule has 0 aromatic heterocycles. The van der Waals surface area contributed by atoms with E-state index in [1.54, 1.807) is 0 Å². The van der Waals surface area contributed by atoms with E-state index in [1.807, 2.05) is 7.05 Å². The smallest absolute Gasteiger partial charge is 0.0208 e. The maximum Gasteiger partial charge on any atom is 0.0208 e. The number of benzene rings is 1. The summed E-state index contributed by atoms with van der Waals surface area (Å²) in [4.78, 5) is 0. The van der Waals surface area contributed by atoms with Crippen molar-refractivity contribution in [1.29, 1.82) is 0 Å². The minimum atomic E-state index is 0.510. The summed E-state index contributed by atoms with van der Waals surface area (Å²) in [5.41, 5.74) is 4.05. The predicted molar refractivity (Wildman–Crippen MR) is 66.1 cm³/mol. The van der Waals surface area contributed by atoms with E-state index >= 15 is 0 Å². The molecule has 2 N–H and O–H groups in total. The molecule has 1 rings (SSSR count). The molecule has 0 aliphatic carbocycles. The first-order valence-electron chi connectivity index (χ1n) is 5.57. The van der Waals surface area contributed by atoms with Gasteiger partial charge in [0.1, 0.15) is 0 Å². The van der Waals surface area contributed by atoms with Gasteiger partial charge in [-0.3, -0.25) is 0 Å². The average molecular weight is 206 g/mol. The van der Waals surface area contributed by atoms with Crippen molar-refractivity contribution in [2.45, 2.75) is 33.4 Å². The van der Waals surface area contributed by atoms with Crippen LogP contribution in [0.2, 0.25) is 0 Å². The third kappa shape index (κ3) is 4.45. The Kier molecular flexibility index (Phi) is 4.79. The molecular formula is C13H22N2. The van der Waals surface area contributed by atoms with Gasteiger partial charge in [-0.05, 0) is 33.4 Å². The molecule has 0 amide bonds. The molecule has 0 aliphatic heterocycles. The van der Waals surface area contributed by atoms with Gasteiger partial charge in [0.15, 0.2) is 0 Å². The fourth-order valence-corrected chi connectivity index (χ4v) is 1.84. The van der Waals surface area contributed by atoms with Crippen LogP contribution < -0.4 is 10.6 Å². The summed E-state index contributed by atoms with van der Waals surface area (Å²) < 4.78 is 0. The lowest BCUT2D eigenvalue weighted by Gasteiger charge is -2.13. The second-order valence-electron chi connectivity index (χ2n) is 4.34. The minimum Gasteiger partial charge on any atom is -0.318 e. The van der Waals surface area contributed by atoms with Gasteiger partial charge in [-0.1, -0.05) is 29.3 Å². The standard InChI is InChI=1S/C13H22N2/c1-10-5-11(2)7-13(6-10)9-15-12(3)8-14-4/h5-7,12,14-15H,8-9H2,1-4H3. The Labute approximate surface area is 93.1 Å². The van der Waals surface area contributed by atoms with Crippen molar-refractivity contribution < 1.29 is 0 Å². The van der Waals surface area contributed by atoms with Crippen LogP contribution in [0.3, 0.4) is 0 Å². The zero-order chi connectivity index (χ0) is 11.3. The van der Waals surface area contributed by atoms with Crippen molar-refractivity contribution in [3.8, 4) is 0 Å². The maximum absolute atomic E-state index is 3.49. The van der Waals surface area contributed by atoms with Crippen molar-refractivity contribution >= 4 is 0 Å². The van der Waals surface area contributed by atoms with E-state index in [-0.39, 0.29) is 0 Å². The molecule has 15 heavy (non-hydrogen) atoms. The Hall–Kier alpha value is -0.860. The molecule has 0 fully saturated rings. The second kappa shape index (κ2) is 5.89. The molecule has 84 valence electrons. The lowest BCUT2D eigenvalue weighted by Crippen LogP contribution is -2.34. The highest BCUT2D eigenvalue weighted by Gasteiger charge is 2.00. The van der Waals surface area contributed by atoms with Gasteiger partial charge in [-0.2, -0.15) is 0 Å². The monoisotopic (exact) mass is 206 g/mol. The third-order valence-electron chi connectivity index (χ3n) is 2.45. The first-order chi connectivity index (χ1) is 7.11. The normalized spacial score (nSPS) is 12.8. The van der Waals surface area contributed by atoms with Crippen LogP contribution in [-0.4, -0.2) is 19.6 Å². The van der Waals surface area contributed by atoms with Crippen LogP contribution in [-0.2, 0) is 6.54 Å². The molecule has 0 bridgehead atoms. The van der Waals surface area contributed by atoms with Crippen LogP contribution in [0.4, 0.5) is 0 Å². The number of aryl methyl sites for hydroxylation is 2. The quantitative estimate of drug-likeness (QED) is 0.770. The van der Waals surface area contributed by atoms with Gasteiger partial charge in [-0.25, -0.2) is 0 Å². The molecule has 0 aliphatic rings. The van der Waals surface area contributed by atoms with Crippen molar-refractivity contribution in [1.82, 2.24) is 10.6 Å². The molecule has 1 unspecified atom stereocenters. The lowest BCUT2D eigenvalue weighted by atomic mass is 10.1. The summed E-state index contributed by atoms with van der Waals surface area (Å²) in [5.74, 6) is 0. The predicted octanol–water partition coefficient (Wildman–Crippen LogP) is 2.00. The largest absolute Gasteiger partial charge is 0.318 e. The SMILES string of the molecule is CNCC(C)NCc1cc(C)cc(C)c1. The fourth-order valence-electron chi connectivity index (χ4n) is 1.84. The van der Waals surface area contributed by atoms with Crippen LogP contribution in [0.1, 0.15) is 23.6 Å². The van der Waals surface area contributed by atoms with Crippen LogP contribution in [0.15, 0.2) is 18.2 Å². The topological polar surface area (TPSA) is 24.1 Å². The number of nitrogens with one attached hydrogen (secondary N) is 2. The highest BCUT2D eigenvalue weighted by atomic mass is 15.0. The summed E-state index contributed by atoms with van der Waals surface area (Å²) in [6.45, 7) is 8.44. The van der Waals surface area contributed by atoms with E-state index in [9.17, 15) is 0 Å². The van der Waals surface area contributed by atoms with E-state index in [0.717, 1.165) is 13.1 Å². The summed E-state index contributed by atoms with van der Waals surface area (Å²) in [6, 6.07) is 7.20. The van der Waals surface area contributed by atoms with Crippen molar-refractivity contribution in [3.05, 3.63) is 34.9 Å². The molecule has 0 saturated carbocycles. The summed E-state index contributed by atoms with van der Waals surface area (Å²) in [7, 11) is 1.98. The molecule has 1 aromatic rings. The van der Waals surface area contributed by atoms with Crippen LogP contribution in [0.5, 0.6) is 0 Å². The molecule has 1 atom stereocenters. The van der Waals surface area contributed by atoms with Gasteiger partial charge in [0.05, 0.1) is 0 Å². The van der Waals surface area contributed by atoms with Gasteiger partial charge >= 0.3 is 0 Å². The molecular weight excluding hydrogens is 184 g/mol. The molecule has 0 heterocycles. The zero-order valence-corrected chi connectivity index (χ0v) is 10.2. The molecule has 1 aromatic carbocycles. The van der Waals surface area contributed by atoms with E-state index in [1.165, 1.54) is 16.7 Å². The third-order valence-corrected chi connectivity index (χ3v) is 2.45. The van der Waals surface area contributed by atoms with Crippen LogP contribution >= 0.6 is 0 Å². The Bertz CT molecular complexity index is 287. The van der Waals surface area contributed by atoms with E-state index < -0.39 is 0 Å². The second-order valence-corrected chi connectivity index (χ2v) is 4.34. The number of likely N-dealkylation sites (N-methyl/N-ethyl adjacent to an activating group) is 1. The summed E-state index contributed by atoms with van der Waals surface area (Å²) in [6.07, 6.45) is 0. The Morgan fingerprint density at radius 2 is 1.73 bits per heavy atom. The first-order valence-corrected chi connectivity index (χ1v) is 5.57. The number of hydrogen-bond donors (Lipinski definition) is 2. The van der Waals surface area contributed by atoms with Crippen molar-refractivity contribution in [2.75, 3.05) is 13.6 Å². The number of rotatable bonds is 5. The summed E-state index contributed by atoms with van der Waals surface area (Å²) in [5, 5.41) is 6.66. The van der Waals surface area contributed by atoms with E-state index in [4.69, 9.17) is 0 Å². The van der Waals surface area contributed by atoms with E-state index in [0.29, 0.717) is 6.04 Å². The summed E-state index contributed by atoms with van der Waals surface area (Å²) >= 11 is 0. The molecule has 0 saturated heterocycles. The maximum atomic E-state index is 3.49. The van der Waals surface area contributed by atoms with Crippen molar-refractivity contribution in [2.24, 2.45) is 0 Å².